The fraction of sp³-hybridized carbons (Fsp3) is 0.571. The molecule has 1 aromatic heterocycles. The third kappa shape index (κ3) is 5.51. The van der Waals surface area contributed by atoms with Crippen molar-refractivity contribution < 1.29 is 4.79 Å². The maximum Gasteiger partial charge on any atom is 0.255 e. The summed E-state index contributed by atoms with van der Waals surface area (Å²) in [6.07, 6.45) is 2.68. The maximum absolute atomic E-state index is 12.2. The van der Waals surface area contributed by atoms with Crippen LogP contribution in [-0.4, -0.2) is 35.0 Å². The average molecular weight is 281 g/mol. The molecule has 0 aliphatic rings. The number of carbonyl (C=O) groups excluding carboxylic acids is 1. The molecule has 0 aliphatic heterocycles. The van der Waals surface area contributed by atoms with Crippen LogP contribution in [-0.2, 0) is 0 Å². The largest absolute Gasteiger partial charge is 0.370 e. The Kier molecular flexibility index (Phi) is 7.33. The Morgan fingerprint density at radius 3 is 2.95 bits per heavy atom. The van der Waals surface area contributed by atoms with Gasteiger partial charge in [0, 0.05) is 18.8 Å². The number of thioether (sulfide) groups is 1. The lowest BCUT2D eigenvalue weighted by Crippen LogP contribution is -2.33. The summed E-state index contributed by atoms with van der Waals surface area (Å²) in [6, 6.07) is 3.77. The molecule has 106 valence electrons. The number of carbonyl (C=O) groups is 1. The Morgan fingerprint density at radius 2 is 2.26 bits per heavy atom. The number of aromatic nitrogens is 1. The summed E-state index contributed by atoms with van der Waals surface area (Å²) in [7, 11) is 0. The summed E-state index contributed by atoms with van der Waals surface area (Å²) >= 11 is 1.89. The van der Waals surface area contributed by atoms with E-state index in [1.807, 2.05) is 25.6 Å². The fourth-order valence-electron chi connectivity index (χ4n) is 1.68. The van der Waals surface area contributed by atoms with Crippen LogP contribution in [0, 0.1) is 0 Å². The number of nitrogens with one attached hydrogen (secondary N) is 2. The molecular formula is C14H23N3OS. The van der Waals surface area contributed by atoms with Gasteiger partial charge in [0.25, 0.3) is 5.91 Å². The molecule has 0 aliphatic carbocycles. The highest BCUT2D eigenvalue weighted by atomic mass is 32.2. The molecule has 1 heterocycles. The zero-order chi connectivity index (χ0) is 14.1. The van der Waals surface area contributed by atoms with E-state index in [9.17, 15) is 4.79 Å². The number of nitrogens with zero attached hydrogens (tertiary/aromatic N) is 1. The molecule has 0 bridgehead atoms. The van der Waals surface area contributed by atoms with E-state index in [0.717, 1.165) is 24.5 Å². The summed E-state index contributed by atoms with van der Waals surface area (Å²) in [5, 5.41) is 6.13. The molecule has 4 nitrogen and oxygen atoms in total. The summed E-state index contributed by atoms with van der Waals surface area (Å²) in [4.78, 5) is 16.4. The highest BCUT2D eigenvalue weighted by molar-refractivity contribution is 7.99. The van der Waals surface area contributed by atoms with E-state index >= 15 is 0 Å². The normalized spacial score (nSPS) is 11.9. The Labute approximate surface area is 119 Å². The van der Waals surface area contributed by atoms with Crippen molar-refractivity contribution in [1.29, 1.82) is 0 Å². The summed E-state index contributed by atoms with van der Waals surface area (Å²) in [5.74, 6) is 2.79. The van der Waals surface area contributed by atoms with Crippen molar-refractivity contribution in [2.45, 2.75) is 33.2 Å². The zero-order valence-corrected chi connectivity index (χ0v) is 12.7. The van der Waals surface area contributed by atoms with Gasteiger partial charge in [-0.25, -0.2) is 4.98 Å². The molecule has 0 spiro atoms. The Bertz CT molecular complexity index is 398. The van der Waals surface area contributed by atoms with E-state index in [4.69, 9.17) is 0 Å². The van der Waals surface area contributed by atoms with E-state index in [1.165, 1.54) is 0 Å². The average Bonchev–Trinajstić information content (AvgIpc) is 2.40. The molecule has 2 N–H and O–H groups in total. The minimum absolute atomic E-state index is 0.0574. The first kappa shape index (κ1) is 15.8. The van der Waals surface area contributed by atoms with Crippen LogP contribution in [0.25, 0.3) is 0 Å². The SMILES string of the molecule is CCNc1ncccc1C(=O)NC(C)CCSCC. The Balaban J connectivity index is 2.57. The van der Waals surface area contributed by atoms with E-state index < -0.39 is 0 Å². The van der Waals surface area contributed by atoms with Crippen LogP contribution < -0.4 is 10.6 Å². The van der Waals surface area contributed by atoms with Gasteiger partial charge in [-0.15, -0.1) is 0 Å². The summed E-state index contributed by atoms with van der Waals surface area (Å²) in [6.45, 7) is 6.92. The van der Waals surface area contributed by atoms with Gasteiger partial charge >= 0.3 is 0 Å². The van der Waals surface area contributed by atoms with Gasteiger partial charge in [-0.2, -0.15) is 11.8 Å². The fourth-order valence-corrected chi connectivity index (χ4v) is 2.48. The van der Waals surface area contributed by atoms with E-state index in [-0.39, 0.29) is 11.9 Å². The van der Waals surface area contributed by atoms with Crippen molar-refractivity contribution in [3.63, 3.8) is 0 Å². The predicted octanol–water partition coefficient (Wildman–Crippen LogP) is 2.77. The lowest BCUT2D eigenvalue weighted by Gasteiger charge is -2.15. The number of rotatable bonds is 8. The highest BCUT2D eigenvalue weighted by Gasteiger charge is 2.13. The minimum Gasteiger partial charge on any atom is -0.370 e. The van der Waals surface area contributed by atoms with Crippen LogP contribution in [0.1, 0.15) is 37.6 Å². The first-order valence-electron chi connectivity index (χ1n) is 6.76. The van der Waals surface area contributed by atoms with Crippen LogP contribution >= 0.6 is 11.8 Å². The molecule has 1 amide bonds. The molecule has 1 aromatic rings. The van der Waals surface area contributed by atoms with E-state index in [0.29, 0.717) is 11.4 Å². The lowest BCUT2D eigenvalue weighted by atomic mass is 10.2. The molecule has 5 heteroatoms. The third-order valence-corrected chi connectivity index (χ3v) is 3.61. The second-order valence-electron chi connectivity index (χ2n) is 4.29. The molecule has 19 heavy (non-hydrogen) atoms. The van der Waals surface area contributed by atoms with Gasteiger partial charge < -0.3 is 10.6 Å². The van der Waals surface area contributed by atoms with Crippen molar-refractivity contribution in [1.82, 2.24) is 10.3 Å². The van der Waals surface area contributed by atoms with Crippen LogP contribution in [0.3, 0.4) is 0 Å². The molecular weight excluding hydrogens is 258 g/mol. The molecule has 0 aromatic carbocycles. The first-order chi connectivity index (χ1) is 9.19. The van der Waals surface area contributed by atoms with Gasteiger partial charge in [-0.3, -0.25) is 4.79 Å². The topological polar surface area (TPSA) is 54.0 Å². The standard InChI is InChI=1S/C14H23N3OS/c1-4-15-13-12(7-6-9-16-13)14(18)17-11(3)8-10-19-5-2/h6-7,9,11H,4-5,8,10H2,1-3H3,(H,15,16)(H,17,18). The predicted molar refractivity (Wildman–Crippen MR) is 82.9 cm³/mol. The molecule has 0 saturated heterocycles. The third-order valence-electron chi connectivity index (χ3n) is 2.67. The maximum atomic E-state index is 12.2. The molecule has 1 rings (SSSR count). The number of amides is 1. The quantitative estimate of drug-likeness (QED) is 0.719. The summed E-state index contributed by atoms with van der Waals surface area (Å²) in [5.41, 5.74) is 0.611. The van der Waals surface area contributed by atoms with E-state index in [2.05, 4.69) is 22.5 Å². The smallest absolute Gasteiger partial charge is 0.255 e. The minimum atomic E-state index is -0.0574. The monoisotopic (exact) mass is 281 g/mol. The number of hydrogen-bond acceptors (Lipinski definition) is 4. The van der Waals surface area contributed by atoms with Gasteiger partial charge in [0.2, 0.25) is 0 Å². The Hall–Kier alpha value is -1.23. The molecule has 0 fully saturated rings. The number of pyridine rings is 1. The van der Waals surface area contributed by atoms with Crippen molar-refractivity contribution in [3.8, 4) is 0 Å². The van der Waals surface area contributed by atoms with Crippen LogP contribution in [0.5, 0.6) is 0 Å². The molecule has 1 atom stereocenters. The van der Waals surface area contributed by atoms with Crippen molar-refractivity contribution in [2.75, 3.05) is 23.4 Å². The van der Waals surface area contributed by atoms with Gasteiger partial charge in [-0.1, -0.05) is 6.92 Å². The van der Waals surface area contributed by atoms with Gasteiger partial charge in [0.15, 0.2) is 0 Å². The van der Waals surface area contributed by atoms with Crippen molar-refractivity contribution in [3.05, 3.63) is 23.9 Å². The lowest BCUT2D eigenvalue weighted by molar-refractivity contribution is 0.0940. The van der Waals surface area contributed by atoms with Crippen molar-refractivity contribution >= 4 is 23.5 Å². The van der Waals surface area contributed by atoms with Crippen LogP contribution in [0.2, 0.25) is 0 Å². The summed E-state index contributed by atoms with van der Waals surface area (Å²) < 4.78 is 0. The molecule has 0 radical (unpaired) electrons. The second-order valence-corrected chi connectivity index (χ2v) is 5.68. The van der Waals surface area contributed by atoms with Crippen molar-refractivity contribution in [2.24, 2.45) is 0 Å². The van der Waals surface area contributed by atoms with Gasteiger partial charge in [0.1, 0.15) is 5.82 Å². The highest BCUT2D eigenvalue weighted by Crippen LogP contribution is 2.12. The Morgan fingerprint density at radius 1 is 1.47 bits per heavy atom. The second kappa shape index (κ2) is 8.80. The van der Waals surface area contributed by atoms with Gasteiger partial charge in [-0.05, 0) is 43.9 Å². The van der Waals surface area contributed by atoms with Crippen LogP contribution in [0.4, 0.5) is 5.82 Å². The number of anilines is 1. The van der Waals surface area contributed by atoms with Crippen LogP contribution in [0.15, 0.2) is 18.3 Å². The van der Waals surface area contributed by atoms with E-state index in [1.54, 1.807) is 18.3 Å². The van der Waals surface area contributed by atoms with Gasteiger partial charge in [0.05, 0.1) is 5.56 Å². The molecule has 0 saturated carbocycles. The molecule has 1 unspecified atom stereocenters. The zero-order valence-electron chi connectivity index (χ0n) is 11.9. The first-order valence-corrected chi connectivity index (χ1v) is 7.92. The number of hydrogen-bond donors (Lipinski definition) is 2.